The van der Waals surface area contributed by atoms with Crippen molar-refractivity contribution in [3.8, 4) is 0 Å². The summed E-state index contributed by atoms with van der Waals surface area (Å²) < 4.78 is 0. The lowest BCUT2D eigenvalue weighted by molar-refractivity contribution is -0.131. The number of nitrogens with zero attached hydrogens (tertiary/aromatic N) is 4. The average molecular weight is 327 g/mol. The van der Waals surface area contributed by atoms with Crippen LogP contribution in [0, 0.1) is 0 Å². The van der Waals surface area contributed by atoms with Gasteiger partial charge in [0.15, 0.2) is 0 Å². The molecule has 0 radical (unpaired) electrons. The van der Waals surface area contributed by atoms with Gasteiger partial charge in [-0.15, -0.1) is 0 Å². The number of likely N-dealkylation sites (N-methyl/N-ethyl adjacent to an activating group) is 1. The monoisotopic (exact) mass is 326 g/mol. The van der Waals surface area contributed by atoms with Gasteiger partial charge in [0.1, 0.15) is 5.82 Å². The number of piperazine rings is 1. The topological polar surface area (TPSA) is 59.9 Å². The third-order valence-electron chi connectivity index (χ3n) is 3.72. The Balaban J connectivity index is 1.81. The summed E-state index contributed by atoms with van der Waals surface area (Å²) in [6.07, 6.45) is 1.25. The highest BCUT2D eigenvalue weighted by atomic mass is 35.5. The van der Waals surface area contributed by atoms with Crippen molar-refractivity contribution in [3.63, 3.8) is 0 Å². The molecule has 1 atom stereocenters. The first kappa shape index (κ1) is 17.0. The molecule has 7 heteroatoms. The summed E-state index contributed by atoms with van der Waals surface area (Å²) in [6, 6.07) is 3.57. The number of hydrogen-bond acceptors (Lipinski definition) is 5. The first-order valence-electron chi connectivity index (χ1n) is 7.46. The van der Waals surface area contributed by atoms with Gasteiger partial charge >= 0.3 is 0 Å². The van der Waals surface area contributed by atoms with Crippen LogP contribution in [0.2, 0.25) is 5.02 Å². The number of β-amino-alcohol motifs (C(OH)–C–C–N with tert-alkyl or cyclic N) is 1. The van der Waals surface area contributed by atoms with Crippen LogP contribution >= 0.6 is 11.6 Å². The van der Waals surface area contributed by atoms with E-state index in [4.69, 9.17) is 11.6 Å². The summed E-state index contributed by atoms with van der Waals surface area (Å²) in [6.45, 7) is 5.76. The van der Waals surface area contributed by atoms with E-state index < -0.39 is 0 Å². The molecule has 0 saturated carbocycles. The Labute approximate surface area is 136 Å². The fraction of sp³-hybridized carbons (Fsp3) is 0.600. The normalized spacial score (nSPS) is 17.4. The average Bonchev–Trinajstić information content (AvgIpc) is 2.48. The van der Waals surface area contributed by atoms with E-state index in [2.05, 4.69) is 9.88 Å². The fourth-order valence-electron chi connectivity index (χ4n) is 2.53. The van der Waals surface area contributed by atoms with Gasteiger partial charge in [-0.25, -0.2) is 4.98 Å². The van der Waals surface area contributed by atoms with Gasteiger partial charge in [0.25, 0.3) is 0 Å². The quantitative estimate of drug-likeness (QED) is 0.863. The predicted octanol–water partition coefficient (Wildman–Crippen LogP) is 0.696. The van der Waals surface area contributed by atoms with Gasteiger partial charge in [0.2, 0.25) is 5.91 Å². The molecule has 1 aliphatic heterocycles. The zero-order valence-corrected chi connectivity index (χ0v) is 13.8. The Morgan fingerprint density at radius 1 is 1.41 bits per heavy atom. The second-order valence-corrected chi connectivity index (χ2v) is 6.16. The molecule has 1 N–H and O–H groups in total. The van der Waals surface area contributed by atoms with E-state index in [0.29, 0.717) is 31.2 Å². The van der Waals surface area contributed by atoms with E-state index in [9.17, 15) is 9.90 Å². The molecule has 0 bridgehead atoms. The smallest absolute Gasteiger partial charge is 0.242 e. The molecule has 1 aliphatic rings. The Morgan fingerprint density at radius 2 is 2.09 bits per heavy atom. The van der Waals surface area contributed by atoms with E-state index in [0.717, 1.165) is 18.9 Å². The summed E-state index contributed by atoms with van der Waals surface area (Å²) in [5.74, 6) is 0.821. The van der Waals surface area contributed by atoms with Crippen LogP contribution in [0.1, 0.15) is 6.92 Å². The molecule has 1 amide bonds. The van der Waals surface area contributed by atoms with Crippen LogP contribution in [0.5, 0.6) is 0 Å². The molecule has 2 rings (SSSR count). The Morgan fingerprint density at radius 3 is 2.64 bits per heavy atom. The summed E-state index contributed by atoms with van der Waals surface area (Å²) in [5.41, 5.74) is 0. The lowest BCUT2D eigenvalue weighted by Crippen LogP contribution is -2.52. The number of hydrogen-bond donors (Lipinski definition) is 1. The van der Waals surface area contributed by atoms with Crippen molar-refractivity contribution in [3.05, 3.63) is 23.4 Å². The summed E-state index contributed by atoms with van der Waals surface area (Å²) >= 11 is 5.81. The zero-order chi connectivity index (χ0) is 16.1. The van der Waals surface area contributed by atoms with Crippen LogP contribution < -0.4 is 4.90 Å². The van der Waals surface area contributed by atoms with Crippen molar-refractivity contribution in [1.82, 2.24) is 14.8 Å². The molecule has 2 heterocycles. The molecule has 6 nitrogen and oxygen atoms in total. The highest BCUT2D eigenvalue weighted by Gasteiger charge is 2.22. The lowest BCUT2D eigenvalue weighted by Gasteiger charge is -2.36. The number of carbonyl (C=O) groups is 1. The molecule has 1 fully saturated rings. The van der Waals surface area contributed by atoms with Gasteiger partial charge in [0.05, 0.1) is 17.7 Å². The van der Waals surface area contributed by atoms with Crippen LogP contribution in [-0.4, -0.2) is 78.2 Å². The Bertz CT molecular complexity index is 487. The largest absolute Gasteiger partial charge is 0.392 e. The molecule has 0 aliphatic carbocycles. The van der Waals surface area contributed by atoms with Gasteiger partial charge < -0.3 is 14.9 Å². The number of halogens is 1. The van der Waals surface area contributed by atoms with Gasteiger partial charge in [-0.1, -0.05) is 11.6 Å². The second kappa shape index (κ2) is 7.76. The van der Waals surface area contributed by atoms with Gasteiger partial charge in [-0.3, -0.25) is 9.69 Å². The molecule has 0 unspecified atom stereocenters. The van der Waals surface area contributed by atoms with Crippen molar-refractivity contribution >= 4 is 23.3 Å². The zero-order valence-electron chi connectivity index (χ0n) is 13.1. The Kier molecular flexibility index (Phi) is 5.99. The highest BCUT2D eigenvalue weighted by Crippen LogP contribution is 2.13. The number of anilines is 1. The number of pyridine rings is 1. The van der Waals surface area contributed by atoms with Crippen molar-refractivity contribution in [2.24, 2.45) is 0 Å². The molecule has 0 aromatic carbocycles. The number of aliphatic hydroxyl groups excluding tert-OH is 1. The minimum atomic E-state index is -0.329. The highest BCUT2D eigenvalue weighted by molar-refractivity contribution is 6.30. The molecular weight excluding hydrogens is 304 g/mol. The number of amides is 1. The maximum atomic E-state index is 12.3. The van der Waals surface area contributed by atoms with Crippen LogP contribution in [0.3, 0.4) is 0 Å². The SMILES string of the molecule is C[C@@H](O)CN1CCN(C(=O)CN(C)c2ccc(Cl)cn2)CC1. The van der Waals surface area contributed by atoms with Gasteiger partial charge in [-0.2, -0.15) is 0 Å². The van der Waals surface area contributed by atoms with E-state index in [-0.39, 0.29) is 12.0 Å². The molecule has 0 spiro atoms. The van der Waals surface area contributed by atoms with Crippen molar-refractivity contribution in [2.45, 2.75) is 13.0 Å². The van der Waals surface area contributed by atoms with Crippen molar-refractivity contribution in [1.29, 1.82) is 0 Å². The van der Waals surface area contributed by atoms with Crippen molar-refractivity contribution in [2.75, 3.05) is 51.2 Å². The maximum Gasteiger partial charge on any atom is 0.242 e. The van der Waals surface area contributed by atoms with E-state index in [1.807, 2.05) is 16.8 Å². The van der Waals surface area contributed by atoms with E-state index in [1.54, 1.807) is 25.3 Å². The fourth-order valence-corrected chi connectivity index (χ4v) is 2.64. The number of aliphatic hydroxyl groups is 1. The first-order valence-corrected chi connectivity index (χ1v) is 7.84. The second-order valence-electron chi connectivity index (χ2n) is 5.72. The number of aromatic nitrogens is 1. The van der Waals surface area contributed by atoms with Crippen LogP contribution in [0.4, 0.5) is 5.82 Å². The summed E-state index contributed by atoms with van der Waals surface area (Å²) in [7, 11) is 1.85. The van der Waals surface area contributed by atoms with Gasteiger partial charge in [0, 0.05) is 46.0 Å². The first-order chi connectivity index (χ1) is 10.5. The van der Waals surface area contributed by atoms with E-state index in [1.165, 1.54) is 0 Å². The molecule has 1 aromatic heterocycles. The van der Waals surface area contributed by atoms with Crippen LogP contribution in [-0.2, 0) is 4.79 Å². The number of carbonyl (C=O) groups excluding carboxylic acids is 1. The van der Waals surface area contributed by atoms with Crippen molar-refractivity contribution < 1.29 is 9.90 Å². The minimum Gasteiger partial charge on any atom is -0.392 e. The minimum absolute atomic E-state index is 0.0935. The standard InChI is InChI=1S/C15H23ClN4O2/c1-12(21)10-19-5-7-20(8-6-19)15(22)11-18(2)14-4-3-13(16)9-17-14/h3-4,9,12,21H,5-8,10-11H2,1-2H3/t12-/m1/s1. The summed E-state index contributed by atoms with van der Waals surface area (Å²) in [5, 5.41) is 9.98. The predicted molar refractivity (Wildman–Crippen MR) is 87.2 cm³/mol. The molecule has 122 valence electrons. The summed E-state index contributed by atoms with van der Waals surface area (Å²) in [4.78, 5) is 22.4. The molecule has 22 heavy (non-hydrogen) atoms. The molecular formula is C15H23ClN4O2. The molecule has 1 aromatic rings. The number of rotatable bonds is 5. The van der Waals surface area contributed by atoms with E-state index >= 15 is 0 Å². The molecule has 1 saturated heterocycles. The Hall–Kier alpha value is -1.37. The third kappa shape index (κ3) is 4.83. The van der Waals surface area contributed by atoms with Gasteiger partial charge in [-0.05, 0) is 19.1 Å². The van der Waals surface area contributed by atoms with Crippen LogP contribution in [0.25, 0.3) is 0 Å². The van der Waals surface area contributed by atoms with Crippen LogP contribution in [0.15, 0.2) is 18.3 Å². The maximum absolute atomic E-state index is 12.3. The lowest BCUT2D eigenvalue weighted by atomic mass is 10.2. The third-order valence-corrected chi connectivity index (χ3v) is 3.95.